The van der Waals surface area contributed by atoms with E-state index in [1.807, 2.05) is 24.3 Å². The van der Waals surface area contributed by atoms with E-state index >= 15 is 0 Å². The lowest BCUT2D eigenvalue weighted by molar-refractivity contribution is 0.146. The van der Waals surface area contributed by atoms with Crippen molar-refractivity contribution in [3.05, 3.63) is 59.9 Å². The Bertz CT molecular complexity index is 528. The standard InChI is InChI=1S/C16H18FNO2/c1-19-9-10-20-16-4-2-3-15(11-16)18-12-13-5-7-14(17)8-6-13/h2-8,11,18H,9-10,12H2,1H3. The molecule has 0 radical (unpaired) electrons. The molecule has 0 spiro atoms. The van der Waals surface area contributed by atoms with E-state index in [1.165, 1.54) is 12.1 Å². The second-order valence-corrected chi connectivity index (χ2v) is 4.35. The van der Waals surface area contributed by atoms with Crippen LogP contribution in [-0.2, 0) is 11.3 Å². The Morgan fingerprint density at radius 3 is 2.60 bits per heavy atom. The average molecular weight is 275 g/mol. The van der Waals surface area contributed by atoms with Crippen LogP contribution in [0.25, 0.3) is 0 Å². The van der Waals surface area contributed by atoms with E-state index in [9.17, 15) is 4.39 Å². The highest BCUT2D eigenvalue weighted by molar-refractivity contribution is 5.48. The summed E-state index contributed by atoms with van der Waals surface area (Å²) in [5.74, 6) is 0.577. The van der Waals surface area contributed by atoms with Gasteiger partial charge in [0, 0.05) is 25.4 Å². The Balaban J connectivity index is 1.89. The first-order valence-electron chi connectivity index (χ1n) is 6.48. The molecule has 2 rings (SSSR count). The zero-order valence-electron chi connectivity index (χ0n) is 11.4. The summed E-state index contributed by atoms with van der Waals surface area (Å²) in [5, 5.41) is 3.28. The van der Waals surface area contributed by atoms with Crippen LogP contribution in [0.5, 0.6) is 5.75 Å². The van der Waals surface area contributed by atoms with Crippen LogP contribution in [0.1, 0.15) is 5.56 Å². The summed E-state index contributed by atoms with van der Waals surface area (Å²) in [6.45, 7) is 1.73. The van der Waals surface area contributed by atoms with Crippen LogP contribution in [0.3, 0.4) is 0 Å². The Morgan fingerprint density at radius 2 is 1.85 bits per heavy atom. The molecule has 0 bridgehead atoms. The zero-order chi connectivity index (χ0) is 14.2. The number of rotatable bonds is 7. The van der Waals surface area contributed by atoms with Gasteiger partial charge in [-0.15, -0.1) is 0 Å². The summed E-state index contributed by atoms with van der Waals surface area (Å²) in [4.78, 5) is 0. The van der Waals surface area contributed by atoms with Gasteiger partial charge >= 0.3 is 0 Å². The van der Waals surface area contributed by atoms with Crippen LogP contribution < -0.4 is 10.1 Å². The van der Waals surface area contributed by atoms with E-state index in [0.717, 1.165) is 17.0 Å². The molecule has 0 aliphatic rings. The van der Waals surface area contributed by atoms with E-state index in [2.05, 4.69) is 5.32 Å². The number of ether oxygens (including phenoxy) is 2. The lowest BCUT2D eigenvalue weighted by atomic mass is 10.2. The molecule has 0 fully saturated rings. The van der Waals surface area contributed by atoms with Gasteiger partial charge in [-0.1, -0.05) is 18.2 Å². The Morgan fingerprint density at radius 1 is 1.05 bits per heavy atom. The maximum absolute atomic E-state index is 12.8. The van der Waals surface area contributed by atoms with Gasteiger partial charge in [-0.2, -0.15) is 0 Å². The fourth-order valence-corrected chi connectivity index (χ4v) is 1.75. The van der Waals surface area contributed by atoms with Crippen LogP contribution in [0.4, 0.5) is 10.1 Å². The first-order valence-corrected chi connectivity index (χ1v) is 6.48. The zero-order valence-corrected chi connectivity index (χ0v) is 11.4. The van der Waals surface area contributed by atoms with Crippen molar-refractivity contribution in [3.63, 3.8) is 0 Å². The van der Waals surface area contributed by atoms with Gasteiger partial charge in [0.05, 0.1) is 6.61 Å². The summed E-state index contributed by atoms with van der Waals surface area (Å²) in [6, 6.07) is 14.2. The third-order valence-corrected chi connectivity index (χ3v) is 2.80. The summed E-state index contributed by atoms with van der Waals surface area (Å²) in [5.41, 5.74) is 1.99. The van der Waals surface area contributed by atoms with Crippen LogP contribution in [0, 0.1) is 5.82 Å². The first-order chi connectivity index (χ1) is 9.78. The van der Waals surface area contributed by atoms with Crippen molar-refractivity contribution in [2.75, 3.05) is 25.6 Å². The van der Waals surface area contributed by atoms with Crippen LogP contribution in [0.2, 0.25) is 0 Å². The van der Waals surface area contributed by atoms with Gasteiger partial charge in [-0.25, -0.2) is 4.39 Å². The van der Waals surface area contributed by atoms with Gasteiger partial charge in [0.15, 0.2) is 0 Å². The van der Waals surface area contributed by atoms with Crippen LogP contribution in [0.15, 0.2) is 48.5 Å². The molecular formula is C16H18FNO2. The smallest absolute Gasteiger partial charge is 0.123 e. The molecule has 2 aromatic carbocycles. The highest BCUT2D eigenvalue weighted by Crippen LogP contribution is 2.18. The third-order valence-electron chi connectivity index (χ3n) is 2.80. The molecule has 0 aromatic heterocycles. The highest BCUT2D eigenvalue weighted by Gasteiger charge is 1.98. The predicted molar refractivity (Wildman–Crippen MR) is 77.5 cm³/mol. The summed E-state index contributed by atoms with van der Waals surface area (Å²) in [6.07, 6.45) is 0. The number of hydrogen-bond acceptors (Lipinski definition) is 3. The van der Waals surface area contributed by atoms with E-state index in [1.54, 1.807) is 19.2 Å². The van der Waals surface area contributed by atoms with Crippen molar-refractivity contribution in [3.8, 4) is 5.75 Å². The highest BCUT2D eigenvalue weighted by atomic mass is 19.1. The molecule has 0 atom stereocenters. The maximum atomic E-state index is 12.8. The molecule has 0 heterocycles. The second kappa shape index (κ2) is 7.50. The van der Waals surface area contributed by atoms with Gasteiger partial charge in [0.1, 0.15) is 18.2 Å². The van der Waals surface area contributed by atoms with Gasteiger partial charge < -0.3 is 14.8 Å². The molecule has 3 nitrogen and oxygen atoms in total. The normalized spacial score (nSPS) is 10.3. The maximum Gasteiger partial charge on any atom is 0.123 e. The minimum absolute atomic E-state index is 0.220. The topological polar surface area (TPSA) is 30.5 Å². The molecule has 20 heavy (non-hydrogen) atoms. The predicted octanol–water partition coefficient (Wildman–Crippen LogP) is 3.46. The molecule has 1 N–H and O–H groups in total. The van der Waals surface area contributed by atoms with E-state index in [-0.39, 0.29) is 5.82 Å². The molecule has 0 saturated heterocycles. The summed E-state index contributed by atoms with van der Waals surface area (Å²) >= 11 is 0. The second-order valence-electron chi connectivity index (χ2n) is 4.35. The Hall–Kier alpha value is -2.07. The van der Waals surface area contributed by atoms with Gasteiger partial charge in [0.25, 0.3) is 0 Å². The van der Waals surface area contributed by atoms with Crippen molar-refractivity contribution in [1.29, 1.82) is 0 Å². The van der Waals surface area contributed by atoms with Gasteiger partial charge in [-0.05, 0) is 29.8 Å². The fourth-order valence-electron chi connectivity index (χ4n) is 1.75. The van der Waals surface area contributed by atoms with Crippen molar-refractivity contribution in [2.45, 2.75) is 6.54 Å². The molecule has 0 unspecified atom stereocenters. The average Bonchev–Trinajstić information content (AvgIpc) is 2.47. The third kappa shape index (κ3) is 4.55. The molecule has 0 saturated carbocycles. The van der Waals surface area contributed by atoms with Gasteiger partial charge in [-0.3, -0.25) is 0 Å². The number of nitrogens with one attached hydrogen (secondary N) is 1. The minimum Gasteiger partial charge on any atom is -0.491 e. The van der Waals surface area contributed by atoms with Crippen molar-refractivity contribution in [2.24, 2.45) is 0 Å². The fraction of sp³-hybridized carbons (Fsp3) is 0.250. The number of halogens is 1. The molecule has 0 aliphatic carbocycles. The molecule has 106 valence electrons. The lowest BCUT2D eigenvalue weighted by Crippen LogP contribution is -2.05. The SMILES string of the molecule is COCCOc1cccc(NCc2ccc(F)cc2)c1. The quantitative estimate of drug-likeness (QED) is 0.785. The van der Waals surface area contributed by atoms with E-state index in [0.29, 0.717) is 19.8 Å². The number of anilines is 1. The molecular weight excluding hydrogens is 257 g/mol. The summed E-state index contributed by atoms with van der Waals surface area (Å²) in [7, 11) is 1.64. The van der Waals surface area contributed by atoms with E-state index in [4.69, 9.17) is 9.47 Å². The number of methoxy groups -OCH3 is 1. The van der Waals surface area contributed by atoms with Crippen molar-refractivity contribution < 1.29 is 13.9 Å². The van der Waals surface area contributed by atoms with Crippen LogP contribution in [-0.4, -0.2) is 20.3 Å². The summed E-state index contributed by atoms with van der Waals surface area (Å²) < 4.78 is 23.3. The Kier molecular flexibility index (Phi) is 5.38. The number of benzene rings is 2. The molecule has 0 amide bonds. The van der Waals surface area contributed by atoms with Crippen molar-refractivity contribution in [1.82, 2.24) is 0 Å². The monoisotopic (exact) mass is 275 g/mol. The molecule has 0 aliphatic heterocycles. The molecule has 2 aromatic rings. The largest absolute Gasteiger partial charge is 0.491 e. The van der Waals surface area contributed by atoms with E-state index < -0.39 is 0 Å². The van der Waals surface area contributed by atoms with Gasteiger partial charge in [0.2, 0.25) is 0 Å². The Labute approximate surface area is 118 Å². The van der Waals surface area contributed by atoms with Crippen LogP contribution >= 0.6 is 0 Å². The minimum atomic E-state index is -0.220. The molecule has 4 heteroatoms. The number of hydrogen-bond donors (Lipinski definition) is 1. The first kappa shape index (κ1) is 14.3. The van der Waals surface area contributed by atoms with Crippen molar-refractivity contribution >= 4 is 5.69 Å². The lowest BCUT2D eigenvalue weighted by Gasteiger charge is -2.10.